The van der Waals surface area contributed by atoms with Crippen LogP contribution in [0, 0.1) is 6.92 Å². The number of para-hydroxylation sites is 2. The van der Waals surface area contributed by atoms with Gasteiger partial charge in [0.05, 0.1) is 5.02 Å². The van der Waals surface area contributed by atoms with Crippen LogP contribution >= 0.6 is 11.6 Å². The summed E-state index contributed by atoms with van der Waals surface area (Å²) in [7, 11) is 0. The number of carbonyl (C=O) groups is 2. The number of benzene rings is 2. The van der Waals surface area contributed by atoms with E-state index in [1.165, 1.54) is 0 Å². The van der Waals surface area contributed by atoms with Crippen molar-refractivity contribution >= 4 is 23.4 Å². The van der Waals surface area contributed by atoms with E-state index in [-0.39, 0.29) is 6.61 Å². The number of hydrogen-bond acceptors (Lipinski definition) is 4. The summed E-state index contributed by atoms with van der Waals surface area (Å²) in [5, 5.41) is 0.401. The minimum atomic E-state index is -0.836. The monoisotopic (exact) mass is 362 g/mol. The molecule has 1 atom stereocenters. The Hall–Kier alpha value is -2.73. The summed E-state index contributed by atoms with van der Waals surface area (Å²) in [4.78, 5) is 23.7. The fraction of sp³-hybridized carbons (Fsp3) is 0.222. The highest BCUT2D eigenvalue weighted by Crippen LogP contribution is 2.24. The zero-order valence-electron chi connectivity index (χ0n) is 13.9. The first-order valence-electron chi connectivity index (χ1n) is 7.65. The molecule has 132 valence electrons. The number of aryl methyl sites for hydroxylation is 1. The molecule has 0 saturated heterocycles. The summed E-state index contributed by atoms with van der Waals surface area (Å²) >= 11 is 5.97. The van der Waals surface area contributed by atoms with Gasteiger partial charge >= 0.3 is 0 Å². The predicted octanol–water partition coefficient (Wildman–Crippen LogP) is 2.64. The lowest BCUT2D eigenvalue weighted by atomic mass is 10.2. The largest absolute Gasteiger partial charge is 0.483 e. The van der Waals surface area contributed by atoms with Gasteiger partial charge in [0.1, 0.15) is 11.5 Å². The first-order chi connectivity index (χ1) is 12.0. The van der Waals surface area contributed by atoms with Crippen LogP contribution in [0.2, 0.25) is 5.02 Å². The van der Waals surface area contributed by atoms with E-state index < -0.39 is 17.9 Å². The Kier molecular flexibility index (Phi) is 6.65. The smallest absolute Gasteiger partial charge is 0.279 e. The Balaban J connectivity index is 1.76. The summed E-state index contributed by atoms with van der Waals surface area (Å²) in [6.45, 7) is 3.21. The molecule has 0 bridgehead atoms. The van der Waals surface area contributed by atoms with Crippen LogP contribution in [0.1, 0.15) is 12.5 Å². The molecule has 2 N–H and O–H groups in total. The molecule has 0 aliphatic rings. The van der Waals surface area contributed by atoms with Crippen molar-refractivity contribution in [2.24, 2.45) is 0 Å². The average Bonchev–Trinajstić information content (AvgIpc) is 2.60. The zero-order chi connectivity index (χ0) is 18.2. The molecule has 0 spiro atoms. The SMILES string of the molecule is Cc1ccccc1OCC(=O)NNC(=O)C(C)Oc1ccccc1Cl. The molecule has 2 rings (SSSR count). The molecule has 0 heterocycles. The normalized spacial score (nSPS) is 11.3. The molecule has 25 heavy (non-hydrogen) atoms. The molecule has 1 unspecified atom stereocenters. The van der Waals surface area contributed by atoms with Gasteiger partial charge in [0.2, 0.25) is 0 Å². The maximum absolute atomic E-state index is 12.0. The van der Waals surface area contributed by atoms with Crippen LogP contribution < -0.4 is 20.3 Å². The number of carbonyl (C=O) groups excluding carboxylic acids is 2. The number of ether oxygens (including phenoxy) is 2. The van der Waals surface area contributed by atoms with Gasteiger partial charge in [-0.25, -0.2) is 0 Å². The van der Waals surface area contributed by atoms with Crippen LogP contribution in [0.4, 0.5) is 0 Å². The highest BCUT2D eigenvalue weighted by atomic mass is 35.5. The first kappa shape index (κ1) is 18.6. The van der Waals surface area contributed by atoms with E-state index in [1.54, 1.807) is 37.3 Å². The van der Waals surface area contributed by atoms with E-state index in [1.807, 2.05) is 25.1 Å². The van der Waals surface area contributed by atoms with Crippen LogP contribution in [-0.4, -0.2) is 24.5 Å². The molecule has 6 nitrogen and oxygen atoms in total. The summed E-state index contributed by atoms with van der Waals surface area (Å²) in [5.41, 5.74) is 5.48. The second-order valence-electron chi connectivity index (χ2n) is 5.28. The molecule has 0 aromatic heterocycles. The number of hydrogen-bond donors (Lipinski definition) is 2. The van der Waals surface area contributed by atoms with Gasteiger partial charge in [-0.1, -0.05) is 41.9 Å². The molecule has 2 aromatic rings. The fourth-order valence-corrected chi connectivity index (χ4v) is 2.10. The third-order valence-electron chi connectivity index (χ3n) is 3.29. The van der Waals surface area contributed by atoms with E-state index in [9.17, 15) is 9.59 Å². The molecule has 2 amide bonds. The van der Waals surface area contributed by atoms with Crippen LogP contribution in [0.3, 0.4) is 0 Å². The van der Waals surface area contributed by atoms with Gasteiger partial charge in [-0.05, 0) is 37.6 Å². The van der Waals surface area contributed by atoms with Gasteiger partial charge in [0.15, 0.2) is 12.7 Å². The molecule has 7 heteroatoms. The average molecular weight is 363 g/mol. The molecule has 0 aliphatic heterocycles. The van der Waals surface area contributed by atoms with Crippen molar-refractivity contribution in [1.82, 2.24) is 10.9 Å². The number of amides is 2. The molecule has 0 saturated carbocycles. The predicted molar refractivity (Wildman–Crippen MR) is 94.5 cm³/mol. The topological polar surface area (TPSA) is 76.7 Å². The van der Waals surface area contributed by atoms with Crippen LogP contribution in [0.5, 0.6) is 11.5 Å². The molecule has 0 radical (unpaired) electrons. The second kappa shape index (κ2) is 8.94. The van der Waals surface area contributed by atoms with Crippen LogP contribution in [0.25, 0.3) is 0 Å². The highest BCUT2D eigenvalue weighted by molar-refractivity contribution is 6.32. The lowest BCUT2D eigenvalue weighted by Crippen LogP contribution is -2.48. The lowest BCUT2D eigenvalue weighted by Gasteiger charge is -2.16. The van der Waals surface area contributed by atoms with Gasteiger partial charge in [0.25, 0.3) is 11.8 Å². The fourth-order valence-electron chi connectivity index (χ4n) is 1.91. The van der Waals surface area contributed by atoms with Crippen molar-refractivity contribution in [2.75, 3.05) is 6.61 Å². The molecular formula is C18H19ClN2O4. The summed E-state index contributed by atoms with van der Waals surface area (Å²) in [5.74, 6) is 0.00568. The van der Waals surface area contributed by atoms with Crippen molar-refractivity contribution in [1.29, 1.82) is 0 Å². The summed E-state index contributed by atoms with van der Waals surface area (Å²) in [6, 6.07) is 14.2. The summed E-state index contributed by atoms with van der Waals surface area (Å²) < 4.78 is 10.8. The van der Waals surface area contributed by atoms with Crippen LogP contribution in [-0.2, 0) is 9.59 Å². The molecule has 0 fully saturated rings. The minimum Gasteiger partial charge on any atom is -0.483 e. The van der Waals surface area contributed by atoms with Crippen molar-refractivity contribution < 1.29 is 19.1 Å². The third kappa shape index (κ3) is 5.69. The van der Waals surface area contributed by atoms with E-state index in [2.05, 4.69) is 10.9 Å². The number of hydrazine groups is 1. The van der Waals surface area contributed by atoms with E-state index >= 15 is 0 Å². The van der Waals surface area contributed by atoms with Gasteiger partial charge < -0.3 is 9.47 Å². The van der Waals surface area contributed by atoms with Crippen molar-refractivity contribution in [3.05, 3.63) is 59.1 Å². The van der Waals surface area contributed by atoms with Crippen molar-refractivity contribution in [3.8, 4) is 11.5 Å². The van der Waals surface area contributed by atoms with Crippen LogP contribution in [0.15, 0.2) is 48.5 Å². The Labute approximate surface area is 151 Å². The maximum atomic E-state index is 12.0. The molecular weight excluding hydrogens is 344 g/mol. The quantitative estimate of drug-likeness (QED) is 0.774. The van der Waals surface area contributed by atoms with Gasteiger partial charge in [-0.2, -0.15) is 0 Å². The van der Waals surface area contributed by atoms with Gasteiger partial charge in [0, 0.05) is 0 Å². The Bertz CT molecular complexity index is 751. The van der Waals surface area contributed by atoms with Crippen molar-refractivity contribution in [2.45, 2.75) is 20.0 Å². The van der Waals surface area contributed by atoms with Gasteiger partial charge in [-0.15, -0.1) is 0 Å². The highest BCUT2D eigenvalue weighted by Gasteiger charge is 2.16. The Morgan fingerprint density at radius 1 is 1.04 bits per heavy atom. The minimum absolute atomic E-state index is 0.217. The van der Waals surface area contributed by atoms with E-state index in [0.717, 1.165) is 5.56 Å². The van der Waals surface area contributed by atoms with Crippen molar-refractivity contribution in [3.63, 3.8) is 0 Å². The summed E-state index contributed by atoms with van der Waals surface area (Å²) in [6.07, 6.45) is -0.836. The zero-order valence-corrected chi connectivity index (χ0v) is 14.7. The number of rotatable bonds is 6. The maximum Gasteiger partial charge on any atom is 0.279 e. The number of halogens is 1. The standard InChI is InChI=1S/C18H19ClN2O4/c1-12-7-3-5-9-15(12)24-11-17(22)20-21-18(23)13(2)25-16-10-6-4-8-14(16)19/h3-10,13H,11H2,1-2H3,(H,20,22)(H,21,23). The first-order valence-corrected chi connectivity index (χ1v) is 8.03. The van der Waals surface area contributed by atoms with E-state index in [4.69, 9.17) is 21.1 Å². The Morgan fingerprint density at radius 2 is 1.68 bits per heavy atom. The second-order valence-corrected chi connectivity index (χ2v) is 5.69. The van der Waals surface area contributed by atoms with Gasteiger partial charge in [-0.3, -0.25) is 20.4 Å². The third-order valence-corrected chi connectivity index (χ3v) is 3.60. The number of nitrogens with one attached hydrogen (secondary N) is 2. The molecule has 0 aliphatic carbocycles. The Morgan fingerprint density at radius 3 is 2.36 bits per heavy atom. The van der Waals surface area contributed by atoms with E-state index in [0.29, 0.717) is 16.5 Å². The lowest BCUT2D eigenvalue weighted by molar-refractivity contribution is -0.133. The molecule has 2 aromatic carbocycles.